The van der Waals surface area contributed by atoms with Gasteiger partial charge < -0.3 is 0 Å². The van der Waals surface area contributed by atoms with Crippen molar-refractivity contribution in [3.63, 3.8) is 0 Å². The van der Waals surface area contributed by atoms with E-state index in [0.29, 0.717) is 12.2 Å². The predicted octanol–water partition coefficient (Wildman–Crippen LogP) is 3.65. The van der Waals surface area contributed by atoms with Crippen LogP contribution in [-0.4, -0.2) is 22.6 Å². The Kier molecular flexibility index (Phi) is 6.09. The molecule has 3 heteroatoms. The minimum atomic E-state index is 0.0488. The van der Waals surface area contributed by atoms with Gasteiger partial charge in [-0.2, -0.15) is 0 Å². The molecule has 130 valence electrons. The van der Waals surface area contributed by atoms with E-state index in [0.717, 1.165) is 26.8 Å². The van der Waals surface area contributed by atoms with Crippen molar-refractivity contribution in [2.45, 2.75) is 13.5 Å². The fourth-order valence-electron chi connectivity index (χ4n) is 2.67. The second-order valence-corrected chi connectivity index (χ2v) is 7.36. The molecule has 0 heterocycles. The fourth-order valence-corrected chi connectivity index (χ4v) is 3.23. The van der Waals surface area contributed by atoms with E-state index in [1.165, 1.54) is 16.9 Å². The number of hydrogen-bond donors (Lipinski definition) is 0. The van der Waals surface area contributed by atoms with Gasteiger partial charge in [0.05, 0.1) is 0 Å². The van der Waals surface area contributed by atoms with Crippen molar-refractivity contribution in [3.8, 4) is 5.75 Å². The Balaban J connectivity index is 1.87. The molecule has 0 bridgehead atoms. The molecule has 0 aliphatic rings. The Hall–Kier alpha value is -2.57. The zero-order valence-corrected chi connectivity index (χ0v) is 17.1. The van der Waals surface area contributed by atoms with Gasteiger partial charge in [-0.1, -0.05) is 0 Å². The molecule has 1 unspecified atom stereocenters. The van der Waals surface area contributed by atoms with Gasteiger partial charge in [0.1, 0.15) is 0 Å². The van der Waals surface area contributed by atoms with E-state index in [2.05, 4.69) is 6.07 Å². The van der Waals surface area contributed by atoms with E-state index in [-0.39, 0.29) is 5.78 Å². The molecule has 0 aliphatic carbocycles. The molecule has 0 spiro atoms. The Morgan fingerprint density at radius 1 is 0.962 bits per heavy atom. The van der Waals surface area contributed by atoms with Crippen LogP contribution in [0.4, 0.5) is 0 Å². The number of Topliss-reactive ketones (excluding diaryl/α,β-unsaturated/α-hetero) is 1. The minimum absolute atomic E-state index is 0.0488. The van der Waals surface area contributed by atoms with Crippen molar-refractivity contribution < 1.29 is 9.53 Å². The van der Waals surface area contributed by atoms with Crippen LogP contribution in [0.15, 0.2) is 78.9 Å². The number of hydrogen-bond acceptors (Lipinski definition) is 2. The van der Waals surface area contributed by atoms with Crippen molar-refractivity contribution in [2.75, 3.05) is 0 Å². The molecule has 0 aromatic heterocycles. The van der Waals surface area contributed by atoms with Gasteiger partial charge in [0, 0.05) is 0 Å². The van der Waals surface area contributed by atoms with Gasteiger partial charge in [-0.15, -0.1) is 0 Å². The summed E-state index contributed by atoms with van der Waals surface area (Å²) < 4.78 is 7.15. The van der Waals surface area contributed by atoms with E-state index in [1.807, 2.05) is 78.9 Å². The van der Waals surface area contributed by atoms with E-state index in [1.54, 1.807) is 6.92 Å². The number of benzene rings is 3. The molecule has 0 N–H and O–H groups in total. The molecule has 0 saturated carbocycles. The van der Waals surface area contributed by atoms with Crippen LogP contribution in [0.1, 0.15) is 23.6 Å². The van der Waals surface area contributed by atoms with Gasteiger partial charge in [0.2, 0.25) is 0 Å². The first-order valence-electron chi connectivity index (χ1n) is 8.48. The third-order valence-corrected chi connectivity index (χ3v) is 5.05. The fraction of sp³-hybridized carbons (Fsp3) is 0.0870. The maximum atomic E-state index is 12.1. The average Bonchev–Trinajstić information content (AvgIpc) is 2.67. The predicted molar refractivity (Wildman–Crippen MR) is 110 cm³/mol. The molecule has 3 aromatic carbocycles. The summed E-state index contributed by atoms with van der Waals surface area (Å²) in [6.45, 7) is 2.13. The number of ether oxygens (including phenoxy) is 1. The van der Waals surface area contributed by atoms with Crippen LogP contribution in [0.5, 0.6) is 5.75 Å². The summed E-state index contributed by atoms with van der Waals surface area (Å²) in [6, 6.07) is 25.9. The van der Waals surface area contributed by atoms with Gasteiger partial charge in [0.25, 0.3) is 0 Å². The van der Waals surface area contributed by atoms with Gasteiger partial charge >= 0.3 is 163 Å². The summed E-state index contributed by atoms with van der Waals surface area (Å²) in [5.74, 6) is 0.909. The zero-order valence-electron chi connectivity index (χ0n) is 14.7. The molecule has 0 radical (unpaired) electrons. The summed E-state index contributed by atoms with van der Waals surface area (Å²) in [4.78, 5) is 12.1. The number of ketones is 1. The topological polar surface area (TPSA) is 26.3 Å². The van der Waals surface area contributed by atoms with Crippen molar-refractivity contribution in [1.29, 1.82) is 0 Å². The van der Waals surface area contributed by atoms with E-state index in [9.17, 15) is 4.79 Å². The second kappa shape index (κ2) is 8.69. The second-order valence-electron chi connectivity index (χ2n) is 6.05. The molecule has 3 rings (SSSR count). The standard InChI is InChI=1S/C23H21AsO2/c1-17(25)21(20-10-6-3-7-11-20)14-19-12-13-22(24)23(15-19)26-16-18-8-4-2-5-9-18/h2-15H,16,24H2,1H3/b21-14+. The van der Waals surface area contributed by atoms with Crippen molar-refractivity contribution >= 4 is 38.6 Å². The normalized spacial score (nSPS) is 11.2. The third-order valence-electron chi connectivity index (χ3n) is 4.05. The summed E-state index contributed by atoms with van der Waals surface area (Å²) in [7, 11) is 0. The first-order valence-corrected chi connectivity index (χ1v) is 9.69. The monoisotopic (exact) mass is 404 g/mol. The van der Waals surface area contributed by atoms with Crippen molar-refractivity contribution in [3.05, 3.63) is 95.6 Å². The molecule has 0 saturated heterocycles. The van der Waals surface area contributed by atoms with E-state index >= 15 is 0 Å². The molecule has 1 atom stereocenters. The van der Waals surface area contributed by atoms with Crippen LogP contribution < -0.4 is 9.09 Å². The van der Waals surface area contributed by atoms with Crippen LogP contribution in [0, 0.1) is 0 Å². The average molecular weight is 404 g/mol. The molecule has 2 nitrogen and oxygen atoms in total. The first kappa shape index (κ1) is 18.2. The van der Waals surface area contributed by atoms with E-state index < -0.39 is 0 Å². The maximum absolute atomic E-state index is 12.1. The molecule has 0 amide bonds. The Morgan fingerprint density at radius 2 is 1.62 bits per heavy atom. The molecule has 0 aliphatic heterocycles. The summed E-state index contributed by atoms with van der Waals surface area (Å²) in [6.07, 6.45) is 1.93. The van der Waals surface area contributed by atoms with E-state index in [4.69, 9.17) is 4.74 Å². The molecule has 26 heavy (non-hydrogen) atoms. The number of carbonyl (C=O) groups excluding carboxylic acids is 1. The Bertz CT molecular complexity index is 915. The summed E-state index contributed by atoms with van der Waals surface area (Å²) in [5, 5.41) is 0. The number of allylic oxidation sites excluding steroid dienone is 1. The molecular formula is C23H21AsO2. The van der Waals surface area contributed by atoms with Crippen molar-refractivity contribution in [2.24, 2.45) is 0 Å². The van der Waals surface area contributed by atoms with Crippen LogP contribution in [0.2, 0.25) is 0 Å². The zero-order chi connectivity index (χ0) is 18.4. The molecular weight excluding hydrogens is 383 g/mol. The Labute approximate surface area is 163 Å². The molecule has 0 fully saturated rings. The van der Waals surface area contributed by atoms with Crippen LogP contribution >= 0.6 is 0 Å². The molecule has 3 aromatic rings. The van der Waals surface area contributed by atoms with Crippen LogP contribution in [-0.2, 0) is 11.4 Å². The summed E-state index contributed by atoms with van der Waals surface area (Å²) in [5.41, 5.74) is 3.73. The van der Waals surface area contributed by atoms with Gasteiger partial charge in [-0.25, -0.2) is 0 Å². The van der Waals surface area contributed by atoms with Gasteiger partial charge in [0.15, 0.2) is 0 Å². The van der Waals surface area contributed by atoms with Crippen molar-refractivity contribution in [1.82, 2.24) is 0 Å². The quantitative estimate of drug-likeness (QED) is 0.356. The Morgan fingerprint density at radius 3 is 2.27 bits per heavy atom. The van der Waals surface area contributed by atoms with Gasteiger partial charge in [-0.3, -0.25) is 0 Å². The van der Waals surface area contributed by atoms with Gasteiger partial charge in [-0.05, 0) is 0 Å². The number of carbonyl (C=O) groups is 1. The third kappa shape index (κ3) is 4.74. The SMILES string of the molecule is CC(=O)/C(=C\c1ccc([AsH2])c(OCc2ccccc2)c1)c1ccccc1. The summed E-state index contributed by atoms with van der Waals surface area (Å²) >= 11 is 1.52. The number of rotatable bonds is 6. The van der Waals surface area contributed by atoms with Crippen LogP contribution in [0.3, 0.4) is 0 Å². The first-order chi connectivity index (χ1) is 12.6. The van der Waals surface area contributed by atoms with Crippen LogP contribution in [0.25, 0.3) is 11.6 Å².